The van der Waals surface area contributed by atoms with Crippen LogP contribution in [0.25, 0.3) is 11.1 Å². The van der Waals surface area contributed by atoms with Gasteiger partial charge >= 0.3 is 17.6 Å². The minimum atomic E-state index is -0.739. The van der Waals surface area contributed by atoms with Crippen molar-refractivity contribution in [2.24, 2.45) is 0 Å². The molecule has 198 valence electrons. The van der Waals surface area contributed by atoms with Crippen molar-refractivity contribution >= 4 is 17.6 Å². The third kappa shape index (κ3) is 7.92. The maximum atomic E-state index is 12.6. The molecule has 3 rings (SSSR count). The zero-order valence-electron chi connectivity index (χ0n) is 21.3. The summed E-state index contributed by atoms with van der Waals surface area (Å²) >= 11 is 0. The topological polar surface area (TPSA) is 114 Å². The second-order valence-electron chi connectivity index (χ2n) is 8.34. The Balaban J connectivity index is 1.60. The molecule has 0 aliphatic carbocycles. The van der Waals surface area contributed by atoms with Gasteiger partial charge in [-0.2, -0.15) is 0 Å². The molecule has 0 saturated heterocycles. The quantitative estimate of drug-likeness (QED) is 0.0659. The van der Waals surface area contributed by atoms with Crippen LogP contribution in [-0.2, 0) is 9.53 Å². The van der Waals surface area contributed by atoms with Crippen LogP contribution in [0.1, 0.15) is 37.0 Å². The highest BCUT2D eigenvalue weighted by molar-refractivity contribution is 5.92. The summed E-state index contributed by atoms with van der Waals surface area (Å²) in [7, 11) is 0. The average Bonchev–Trinajstić information content (AvgIpc) is 2.92. The van der Waals surface area contributed by atoms with Crippen LogP contribution in [0.3, 0.4) is 0 Å². The van der Waals surface area contributed by atoms with Crippen molar-refractivity contribution < 1.29 is 33.5 Å². The molecular weight excluding hydrogens is 490 g/mol. The summed E-state index contributed by atoms with van der Waals surface area (Å²) in [5.41, 5.74) is 1.58. The Morgan fingerprint density at radius 1 is 0.868 bits per heavy atom. The summed E-state index contributed by atoms with van der Waals surface area (Å²) < 4.78 is 21.5. The molecule has 9 heteroatoms. The fourth-order valence-electron chi connectivity index (χ4n) is 3.27. The van der Waals surface area contributed by atoms with Gasteiger partial charge < -0.3 is 18.9 Å². The smallest absolute Gasteiger partial charge is 0.343 e. The number of carbonyl (C=O) groups excluding carboxylic acids is 2. The predicted octanol–water partition coefficient (Wildman–Crippen LogP) is 6.16. The number of carbonyl (C=O) groups is 2. The molecule has 0 spiro atoms. The normalized spacial score (nSPS) is 10.4. The lowest BCUT2D eigenvalue weighted by Crippen LogP contribution is -2.10. The van der Waals surface area contributed by atoms with Gasteiger partial charge in [0, 0.05) is 18.1 Å². The lowest BCUT2D eigenvalue weighted by Gasteiger charge is -2.10. The second kappa shape index (κ2) is 13.6. The largest absolute Gasteiger partial charge is 0.494 e. The molecule has 0 bridgehead atoms. The summed E-state index contributed by atoms with van der Waals surface area (Å²) in [6.45, 7) is 8.21. The van der Waals surface area contributed by atoms with Crippen molar-refractivity contribution in [2.75, 3.05) is 19.8 Å². The number of ether oxygens (including phenoxy) is 4. The van der Waals surface area contributed by atoms with Gasteiger partial charge in [0.15, 0.2) is 0 Å². The number of nitrogens with zero attached hydrogens (tertiary/aromatic N) is 1. The van der Waals surface area contributed by atoms with Crippen molar-refractivity contribution in [2.45, 2.75) is 26.7 Å². The van der Waals surface area contributed by atoms with E-state index in [1.54, 1.807) is 37.3 Å². The highest BCUT2D eigenvalue weighted by Crippen LogP contribution is 2.33. The van der Waals surface area contributed by atoms with Crippen LogP contribution in [0, 0.1) is 10.1 Å². The summed E-state index contributed by atoms with van der Waals surface area (Å²) in [5, 5.41) is 11.7. The Morgan fingerprint density at radius 2 is 1.47 bits per heavy atom. The molecule has 0 radical (unpaired) electrons. The number of hydrogen-bond acceptors (Lipinski definition) is 8. The van der Waals surface area contributed by atoms with Crippen LogP contribution in [0.2, 0.25) is 0 Å². The highest BCUT2D eigenvalue weighted by Gasteiger charge is 2.20. The fraction of sp³-hybridized carbons (Fsp3) is 0.241. The molecule has 3 aromatic carbocycles. The molecule has 38 heavy (non-hydrogen) atoms. The standard InChI is InChI=1S/C29H29NO8/c1-4-16-35-24-11-6-21(7-12-24)23-10-15-27(26(19-23)30(33)34)38-29(32)22-8-13-25(14-9-22)36-17-5-18-37-28(31)20(2)3/h6-15,19H,2,4-5,16-18H2,1,3H3. The van der Waals surface area contributed by atoms with Crippen molar-refractivity contribution in [3.63, 3.8) is 0 Å². The number of nitro groups is 1. The first-order valence-electron chi connectivity index (χ1n) is 12.1. The van der Waals surface area contributed by atoms with Gasteiger partial charge in [-0.3, -0.25) is 10.1 Å². The van der Waals surface area contributed by atoms with Gasteiger partial charge in [-0.15, -0.1) is 0 Å². The Labute approximate surface area is 220 Å². The van der Waals surface area contributed by atoms with Gasteiger partial charge in [-0.1, -0.05) is 31.7 Å². The van der Waals surface area contributed by atoms with Crippen molar-refractivity contribution in [3.05, 3.63) is 94.6 Å². The first-order chi connectivity index (χ1) is 18.3. The predicted molar refractivity (Wildman–Crippen MR) is 142 cm³/mol. The number of esters is 2. The molecule has 0 fully saturated rings. The van der Waals surface area contributed by atoms with E-state index in [1.165, 1.54) is 24.3 Å². The van der Waals surface area contributed by atoms with Crippen molar-refractivity contribution in [1.29, 1.82) is 0 Å². The van der Waals surface area contributed by atoms with Crippen LogP contribution in [-0.4, -0.2) is 36.7 Å². The summed E-state index contributed by atoms with van der Waals surface area (Å²) in [6, 6.07) is 17.8. The third-order valence-electron chi connectivity index (χ3n) is 5.25. The van der Waals surface area contributed by atoms with Crippen LogP contribution >= 0.6 is 0 Å². The van der Waals surface area contributed by atoms with Gasteiger partial charge in [0.1, 0.15) is 11.5 Å². The van der Waals surface area contributed by atoms with E-state index in [2.05, 4.69) is 6.58 Å². The average molecular weight is 520 g/mol. The van der Waals surface area contributed by atoms with E-state index in [0.29, 0.717) is 36.5 Å². The Bertz CT molecular complexity index is 1280. The Morgan fingerprint density at radius 3 is 2.08 bits per heavy atom. The number of benzene rings is 3. The van der Waals surface area contributed by atoms with E-state index >= 15 is 0 Å². The van der Waals surface area contributed by atoms with E-state index in [-0.39, 0.29) is 23.6 Å². The highest BCUT2D eigenvalue weighted by atomic mass is 16.6. The molecule has 3 aromatic rings. The van der Waals surface area contributed by atoms with Crippen LogP contribution in [0.15, 0.2) is 78.9 Å². The zero-order valence-corrected chi connectivity index (χ0v) is 21.3. The molecule has 0 amide bonds. The molecule has 0 aliphatic heterocycles. The molecule has 9 nitrogen and oxygen atoms in total. The zero-order chi connectivity index (χ0) is 27.5. The first-order valence-corrected chi connectivity index (χ1v) is 12.1. The van der Waals surface area contributed by atoms with Crippen LogP contribution < -0.4 is 14.2 Å². The fourth-order valence-corrected chi connectivity index (χ4v) is 3.27. The van der Waals surface area contributed by atoms with E-state index in [9.17, 15) is 19.7 Å². The minimum Gasteiger partial charge on any atom is -0.494 e. The van der Waals surface area contributed by atoms with E-state index in [4.69, 9.17) is 18.9 Å². The Kier molecular flexibility index (Phi) is 9.99. The van der Waals surface area contributed by atoms with Gasteiger partial charge in [-0.25, -0.2) is 9.59 Å². The SMILES string of the molecule is C=C(C)C(=O)OCCCOc1ccc(C(=O)Oc2ccc(-c3ccc(OCCC)cc3)cc2[N+](=O)[O-])cc1. The summed E-state index contributed by atoms with van der Waals surface area (Å²) in [5.74, 6) is -0.118. The molecule has 0 atom stereocenters. The molecule has 0 saturated carbocycles. The van der Waals surface area contributed by atoms with Crippen molar-refractivity contribution in [3.8, 4) is 28.4 Å². The van der Waals surface area contributed by atoms with E-state index in [1.807, 2.05) is 19.1 Å². The van der Waals surface area contributed by atoms with Crippen LogP contribution in [0.5, 0.6) is 17.2 Å². The molecule has 0 aromatic heterocycles. The summed E-state index contributed by atoms with van der Waals surface area (Å²) in [4.78, 5) is 35.1. The molecule has 0 aliphatic rings. The van der Waals surface area contributed by atoms with E-state index < -0.39 is 16.9 Å². The molecule has 0 N–H and O–H groups in total. The van der Waals surface area contributed by atoms with Gasteiger partial charge in [0.25, 0.3) is 0 Å². The minimum absolute atomic E-state index is 0.156. The van der Waals surface area contributed by atoms with Gasteiger partial charge in [-0.05, 0) is 66.9 Å². The maximum absolute atomic E-state index is 12.6. The molecular formula is C29H29NO8. The molecule has 0 heterocycles. The van der Waals surface area contributed by atoms with Gasteiger partial charge in [0.2, 0.25) is 5.75 Å². The number of hydrogen-bond donors (Lipinski definition) is 0. The third-order valence-corrected chi connectivity index (χ3v) is 5.25. The van der Waals surface area contributed by atoms with Gasteiger partial charge in [0.05, 0.1) is 30.3 Å². The Hall–Kier alpha value is -4.66. The lowest BCUT2D eigenvalue weighted by molar-refractivity contribution is -0.385. The van der Waals surface area contributed by atoms with Crippen LogP contribution in [0.4, 0.5) is 5.69 Å². The molecule has 0 unspecified atom stereocenters. The van der Waals surface area contributed by atoms with Crippen molar-refractivity contribution in [1.82, 2.24) is 0 Å². The number of rotatable bonds is 13. The monoisotopic (exact) mass is 519 g/mol. The van der Waals surface area contributed by atoms with E-state index in [0.717, 1.165) is 17.7 Å². The first kappa shape index (κ1) is 27.9. The lowest BCUT2D eigenvalue weighted by atomic mass is 10.0. The maximum Gasteiger partial charge on any atom is 0.343 e. The summed E-state index contributed by atoms with van der Waals surface area (Å²) in [6.07, 6.45) is 1.38. The number of nitro benzene ring substituents is 1. The second-order valence-corrected chi connectivity index (χ2v) is 8.34.